The van der Waals surface area contributed by atoms with Crippen LogP contribution >= 0.6 is 0 Å². The van der Waals surface area contributed by atoms with Gasteiger partial charge in [-0.25, -0.2) is 9.18 Å². The first-order valence-electron chi connectivity index (χ1n) is 6.18. The molecule has 0 radical (unpaired) electrons. The molecule has 0 heterocycles. The molecule has 2 aromatic rings. The van der Waals surface area contributed by atoms with E-state index in [1.54, 1.807) is 0 Å². The van der Waals surface area contributed by atoms with E-state index < -0.39 is 17.3 Å². The fourth-order valence-electron chi connectivity index (χ4n) is 1.89. The highest BCUT2D eigenvalue weighted by Gasteiger charge is 2.13. The van der Waals surface area contributed by atoms with Gasteiger partial charge in [-0.1, -0.05) is 30.3 Å². The van der Waals surface area contributed by atoms with Crippen LogP contribution < -0.4 is 11.1 Å². The number of rotatable bonds is 5. The van der Waals surface area contributed by atoms with E-state index in [0.29, 0.717) is 12.2 Å². The van der Waals surface area contributed by atoms with E-state index >= 15 is 0 Å². The summed E-state index contributed by atoms with van der Waals surface area (Å²) in [4.78, 5) is 10.8. The minimum atomic E-state index is -1.33. The third-order valence-corrected chi connectivity index (χ3v) is 2.94. The molecule has 0 aliphatic carbocycles. The summed E-state index contributed by atoms with van der Waals surface area (Å²) in [6.07, 6.45) is 0.766. The van der Waals surface area contributed by atoms with E-state index in [0.717, 1.165) is 24.1 Å². The van der Waals surface area contributed by atoms with Crippen molar-refractivity contribution < 1.29 is 14.3 Å². The van der Waals surface area contributed by atoms with Crippen molar-refractivity contribution in [3.05, 3.63) is 59.4 Å². The molecule has 20 heavy (non-hydrogen) atoms. The quantitative estimate of drug-likeness (QED) is 0.733. The number of nitrogens with two attached hydrogens (primary N) is 1. The van der Waals surface area contributed by atoms with Crippen molar-refractivity contribution >= 4 is 17.3 Å². The molecule has 0 aromatic heterocycles. The summed E-state index contributed by atoms with van der Waals surface area (Å²) >= 11 is 0. The van der Waals surface area contributed by atoms with Gasteiger partial charge < -0.3 is 16.2 Å². The van der Waals surface area contributed by atoms with Gasteiger partial charge >= 0.3 is 5.97 Å². The molecule has 4 nitrogen and oxygen atoms in total. The molecule has 0 saturated carbocycles. The molecule has 5 heteroatoms. The Labute approximate surface area is 116 Å². The zero-order chi connectivity index (χ0) is 14.5. The molecule has 0 saturated heterocycles. The van der Waals surface area contributed by atoms with Crippen LogP contribution in [0.15, 0.2) is 42.5 Å². The molecule has 0 bridgehead atoms. The fourth-order valence-corrected chi connectivity index (χ4v) is 1.89. The maximum absolute atomic E-state index is 13.6. The number of aromatic carboxylic acids is 1. The molecule has 0 aliphatic heterocycles. The van der Waals surface area contributed by atoms with Gasteiger partial charge in [0.2, 0.25) is 0 Å². The maximum atomic E-state index is 13.6. The Kier molecular flexibility index (Phi) is 4.20. The van der Waals surface area contributed by atoms with Gasteiger partial charge in [0.25, 0.3) is 0 Å². The van der Waals surface area contributed by atoms with Crippen molar-refractivity contribution in [1.29, 1.82) is 0 Å². The highest BCUT2D eigenvalue weighted by molar-refractivity contribution is 5.90. The molecule has 104 valence electrons. The fraction of sp³-hybridized carbons (Fsp3) is 0.133. The lowest BCUT2D eigenvalue weighted by Crippen LogP contribution is -2.09. The smallest absolute Gasteiger partial charge is 0.338 e. The van der Waals surface area contributed by atoms with Crippen LogP contribution in [0.4, 0.5) is 15.8 Å². The number of halogens is 1. The minimum Gasteiger partial charge on any atom is -0.478 e. The number of benzene rings is 2. The molecular formula is C15H15FN2O2. The number of carboxylic acids is 1. The zero-order valence-corrected chi connectivity index (χ0v) is 10.8. The molecule has 4 N–H and O–H groups in total. The third-order valence-electron chi connectivity index (χ3n) is 2.94. The average Bonchev–Trinajstić information content (AvgIpc) is 2.43. The number of carboxylic acid groups (broad SMARTS) is 1. The van der Waals surface area contributed by atoms with Crippen molar-refractivity contribution in [2.24, 2.45) is 0 Å². The maximum Gasteiger partial charge on any atom is 0.338 e. The van der Waals surface area contributed by atoms with Crippen molar-refractivity contribution in [2.45, 2.75) is 6.42 Å². The largest absolute Gasteiger partial charge is 0.478 e. The number of hydrogen-bond acceptors (Lipinski definition) is 3. The van der Waals surface area contributed by atoms with Crippen molar-refractivity contribution in [1.82, 2.24) is 0 Å². The van der Waals surface area contributed by atoms with Crippen LogP contribution in [0.5, 0.6) is 0 Å². The van der Waals surface area contributed by atoms with Crippen LogP contribution in [0.25, 0.3) is 0 Å². The minimum absolute atomic E-state index is 0.219. The number of nitrogen functional groups attached to an aromatic ring is 1. The first-order chi connectivity index (χ1) is 9.58. The van der Waals surface area contributed by atoms with Gasteiger partial charge in [-0.2, -0.15) is 0 Å². The Hall–Kier alpha value is -2.56. The Morgan fingerprint density at radius 2 is 1.95 bits per heavy atom. The van der Waals surface area contributed by atoms with E-state index in [-0.39, 0.29) is 5.69 Å². The second kappa shape index (κ2) is 6.06. The van der Waals surface area contributed by atoms with Crippen LogP contribution in [-0.2, 0) is 6.42 Å². The lowest BCUT2D eigenvalue weighted by molar-refractivity contribution is 0.0692. The van der Waals surface area contributed by atoms with E-state index in [9.17, 15) is 9.18 Å². The Morgan fingerprint density at radius 1 is 1.25 bits per heavy atom. The van der Waals surface area contributed by atoms with Gasteiger partial charge in [0.15, 0.2) is 0 Å². The third kappa shape index (κ3) is 3.26. The van der Waals surface area contributed by atoms with E-state index in [1.807, 2.05) is 30.3 Å². The van der Waals surface area contributed by atoms with Crippen molar-refractivity contribution in [3.8, 4) is 0 Å². The van der Waals surface area contributed by atoms with Crippen LogP contribution in [0.3, 0.4) is 0 Å². The summed E-state index contributed by atoms with van der Waals surface area (Å²) in [5.74, 6) is -2.13. The standard InChI is InChI=1S/C15H15FN2O2/c16-12-9-14(13(17)8-11(12)15(19)20)18-7-6-10-4-2-1-3-5-10/h1-5,8-9,18H,6-7,17H2,(H,19,20). The molecule has 0 amide bonds. The summed E-state index contributed by atoms with van der Waals surface area (Å²) in [5, 5.41) is 11.8. The lowest BCUT2D eigenvalue weighted by Gasteiger charge is -2.10. The summed E-state index contributed by atoms with van der Waals surface area (Å²) in [6.45, 7) is 0.583. The molecule has 0 unspecified atom stereocenters. The zero-order valence-electron chi connectivity index (χ0n) is 10.8. The van der Waals surface area contributed by atoms with E-state index in [1.165, 1.54) is 0 Å². The van der Waals surface area contributed by atoms with Crippen LogP contribution in [0.1, 0.15) is 15.9 Å². The molecule has 2 rings (SSSR count). The Balaban J connectivity index is 2.03. The molecule has 0 atom stereocenters. The predicted octanol–water partition coefficient (Wildman–Crippen LogP) is 2.76. The van der Waals surface area contributed by atoms with Crippen molar-refractivity contribution in [3.63, 3.8) is 0 Å². The van der Waals surface area contributed by atoms with Gasteiger partial charge in [0.1, 0.15) is 5.82 Å². The first-order valence-corrected chi connectivity index (χ1v) is 6.18. The molecule has 0 fully saturated rings. The molecule has 0 aliphatic rings. The van der Waals surface area contributed by atoms with Gasteiger partial charge in [-0.15, -0.1) is 0 Å². The predicted molar refractivity (Wildman–Crippen MR) is 76.4 cm³/mol. The molecule has 2 aromatic carbocycles. The Morgan fingerprint density at radius 3 is 2.60 bits per heavy atom. The summed E-state index contributed by atoms with van der Waals surface area (Å²) in [5.41, 5.74) is 7.07. The Bertz CT molecular complexity index is 615. The van der Waals surface area contributed by atoms with Gasteiger partial charge in [0, 0.05) is 6.54 Å². The second-order valence-electron chi connectivity index (χ2n) is 4.39. The lowest BCUT2D eigenvalue weighted by atomic mass is 10.1. The first kappa shape index (κ1) is 13.9. The summed E-state index contributed by atoms with van der Waals surface area (Å²) in [6, 6.07) is 12.1. The number of hydrogen-bond donors (Lipinski definition) is 3. The van der Waals surface area contributed by atoms with Gasteiger partial charge in [-0.3, -0.25) is 0 Å². The highest BCUT2D eigenvalue weighted by atomic mass is 19.1. The topological polar surface area (TPSA) is 75.4 Å². The molecular weight excluding hydrogens is 259 g/mol. The van der Waals surface area contributed by atoms with E-state index in [4.69, 9.17) is 10.8 Å². The van der Waals surface area contributed by atoms with Crippen LogP contribution in [0.2, 0.25) is 0 Å². The van der Waals surface area contributed by atoms with Gasteiger partial charge in [0.05, 0.1) is 16.9 Å². The van der Waals surface area contributed by atoms with E-state index in [2.05, 4.69) is 5.32 Å². The normalized spacial score (nSPS) is 10.2. The number of anilines is 2. The van der Waals surface area contributed by atoms with Gasteiger partial charge in [-0.05, 0) is 24.1 Å². The molecule has 0 spiro atoms. The van der Waals surface area contributed by atoms with Crippen LogP contribution in [-0.4, -0.2) is 17.6 Å². The summed E-state index contributed by atoms with van der Waals surface area (Å²) in [7, 11) is 0. The SMILES string of the molecule is Nc1cc(C(=O)O)c(F)cc1NCCc1ccccc1. The van der Waals surface area contributed by atoms with Crippen molar-refractivity contribution in [2.75, 3.05) is 17.6 Å². The highest BCUT2D eigenvalue weighted by Crippen LogP contribution is 2.23. The van der Waals surface area contributed by atoms with Crippen LogP contribution in [0, 0.1) is 5.82 Å². The monoisotopic (exact) mass is 274 g/mol. The average molecular weight is 274 g/mol. The summed E-state index contributed by atoms with van der Waals surface area (Å²) < 4.78 is 13.6. The number of nitrogens with one attached hydrogen (secondary N) is 1. The number of carbonyl (C=O) groups is 1. The second-order valence-corrected chi connectivity index (χ2v) is 4.39.